The van der Waals surface area contributed by atoms with E-state index >= 15 is 0 Å². The molecule has 0 aliphatic carbocycles. The second kappa shape index (κ2) is 10.1. The van der Waals surface area contributed by atoms with Gasteiger partial charge >= 0.3 is 0 Å². The fourth-order valence-electron chi connectivity index (χ4n) is 2.82. The van der Waals surface area contributed by atoms with Crippen molar-refractivity contribution in [1.82, 2.24) is 10.2 Å². The number of carbonyl (C=O) groups excluding carboxylic acids is 2. The van der Waals surface area contributed by atoms with Crippen molar-refractivity contribution in [3.8, 4) is 0 Å². The Morgan fingerprint density at radius 1 is 0.966 bits per heavy atom. The molecule has 5 nitrogen and oxygen atoms in total. The van der Waals surface area contributed by atoms with E-state index in [0.717, 1.165) is 23.3 Å². The molecule has 2 amide bonds. The van der Waals surface area contributed by atoms with E-state index in [9.17, 15) is 22.8 Å². The number of carbonyl (C=O) groups is 2. The van der Waals surface area contributed by atoms with Crippen LogP contribution in [0.25, 0.3) is 0 Å². The lowest BCUT2D eigenvalue weighted by molar-refractivity contribution is -0.123. The maximum atomic E-state index is 13.6. The summed E-state index contributed by atoms with van der Waals surface area (Å²) in [6, 6.07) is 9.36. The van der Waals surface area contributed by atoms with E-state index in [1.54, 1.807) is 7.05 Å². The highest BCUT2D eigenvalue weighted by atomic mass is 19.2. The number of anilines is 1. The van der Waals surface area contributed by atoms with Crippen LogP contribution < -0.4 is 10.6 Å². The third-order valence-corrected chi connectivity index (χ3v) is 4.36. The molecule has 0 aromatic heterocycles. The zero-order valence-corrected chi connectivity index (χ0v) is 16.6. The van der Waals surface area contributed by atoms with Gasteiger partial charge in [0.05, 0.1) is 24.8 Å². The largest absolute Gasteiger partial charge is 0.348 e. The first-order valence-electron chi connectivity index (χ1n) is 9.19. The van der Waals surface area contributed by atoms with Crippen molar-refractivity contribution in [1.29, 1.82) is 0 Å². The Morgan fingerprint density at radius 2 is 1.59 bits per heavy atom. The van der Waals surface area contributed by atoms with Crippen molar-refractivity contribution in [2.75, 3.05) is 25.5 Å². The Kier molecular flexibility index (Phi) is 7.78. The lowest BCUT2D eigenvalue weighted by Gasteiger charge is -2.21. The van der Waals surface area contributed by atoms with Gasteiger partial charge in [-0.25, -0.2) is 13.2 Å². The maximum Gasteiger partial charge on any atom is 0.238 e. The van der Waals surface area contributed by atoms with Gasteiger partial charge in [0, 0.05) is 0 Å². The molecule has 0 radical (unpaired) electrons. The van der Waals surface area contributed by atoms with Gasteiger partial charge < -0.3 is 10.6 Å². The third-order valence-electron chi connectivity index (χ3n) is 4.36. The quantitative estimate of drug-likeness (QED) is 0.658. The normalized spacial score (nSPS) is 12.0. The summed E-state index contributed by atoms with van der Waals surface area (Å²) < 4.78 is 39.8. The van der Waals surface area contributed by atoms with Gasteiger partial charge in [-0.05, 0) is 38.1 Å². The molecule has 0 spiro atoms. The Morgan fingerprint density at radius 3 is 2.21 bits per heavy atom. The van der Waals surface area contributed by atoms with Crippen LogP contribution in [0, 0.1) is 24.4 Å². The molecular formula is C21H24F3N3O2. The minimum atomic E-state index is -1.66. The van der Waals surface area contributed by atoms with Gasteiger partial charge in [-0.2, -0.15) is 0 Å². The number of hydrogen-bond acceptors (Lipinski definition) is 3. The molecular weight excluding hydrogens is 383 g/mol. The number of amides is 2. The van der Waals surface area contributed by atoms with Crippen LogP contribution in [0.1, 0.15) is 30.5 Å². The minimum Gasteiger partial charge on any atom is -0.348 e. The molecule has 2 aromatic rings. The number of likely N-dealkylation sites (N-methyl/N-ethyl adjacent to an activating group) is 1. The number of halogens is 3. The molecule has 0 aliphatic heterocycles. The van der Waals surface area contributed by atoms with Crippen LogP contribution >= 0.6 is 0 Å². The Labute approximate surface area is 167 Å². The number of hydrogen-bond donors (Lipinski definition) is 2. The number of benzene rings is 2. The molecule has 29 heavy (non-hydrogen) atoms. The Hall–Kier alpha value is -2.87. The highest BCUT2D eigenvalue weighted by Gasteiger charge is 2.18. The maximum absolute atomic E-state index is 13.6. The molecule has 2 N–H and O–H groups in total. The first-order valence-corrected chi connectivity index (χ1v) is 9.19. The second-order valence-electron chi connectivity index (χ2n) is 6.88. The van der Waals surface area contributed by atoms with Crippen molar-refractivity contribution < 1.29 is 22.8 Å². The Bertz CT molecular complexity index is 872. The monoisotopic (exact) mass is 407 g/mol. The van der Waals surface area contributed by atoms with E-state index in [1.165, 1.54) is 4.90 Å². The van der Waals surface area contributed by atoms with Gasteiger partial charge in [0.1, 0.15) is 0 Å². The average Bonchev–Trinajstić information content (AvgIpc) is 2.67. The number of nitrogens with zero attached hydrogens (tertiary/aromatic N) is 1. The second-order valence-corrected chi connectivity index (χ2v) is 6.88. The summed E-state index contributed by atoms with van der Waals surface area (Å²) in [5.41, 5.74) is 1.65. The van der Waals surface area contributed by atoms with Crippen molar-refractivity contribution in [2.45, 2.75) is 26.3 Å². The predicted molar refractivity (Wildman–Crippen MR) is 105 cm³/mol. The van der Waals surface area contributed by atoms with Crippen molar-refractivity contribution in [3.63, 3.8) is 0 Å². The summed E-state index contributed by atoms with van der Waals surface area (Å²) in [5, 5.41) is 5.09. The van der Waals surface area contributed by atoms with Crippen molar-refractivity contribution >= 4 is 17.5 Å². The molecule has 8 heteroatoms. The smallest absolute Gasteiger partial charge is 0.238 e. The van der Waals surface area contributed by atoms with Crippen LogP contribution in [0.4, 0.5) is 18.9 Å². The molecule has 1 atom stereocenters. The summed E-state index contributed by atoms with van der Waals surface area (Å²) in [6.45, 7) is 3.65. The van der Waals surface area contributed by atoms with E-state index in [2.05, 4.69) is 10.6 Å². The topological polar surface area (TPSA) is 61.4 Å². The minimum absolute atomic E-state index is 0.0595. The molecule has 0 bridgehead atoms. The molecule has 156 valence electrons. The van der Waals surface area contributed by atoms with E-state index in [0.29, 0.717) is 6.42 Å². The molecule has 0 saturated heterocycles. The average molecular weight is 407 g/mol. The van der Waals surface area contributed by atoms with Gasteiger partial charge in [-0.15, -0.1) is 0 Å². The van der Waals surface area contributed by atoms with Gasteiger partial charge in [-0.3, -0.25) is 14.5 Å². The van der Waals surface area contributed by atoms with E-state index < -0.39 is 29.0 Å². The zero-order chi connectivity index (χ0) is 21.6. The standard InChI is InChI=1S/C21H24F3N3O2/c1-4-16(14-7-5-13(2)6-8-14)25-18(28)11-27(3)12-19(29)26-17-10-9-15(22)20(23)21(17)24/h5-10,16H,4,11-12H2,1-3H3,(H,25,28)(H,26,29)/t16-/m0/s1. The summed E-state index contributed by atoms with van der Waals surface area (Å²) in [4.78, 5) is 25.8. The van der Waals surface area contributed by atoms with E-state index in [4.69, 9.17) is 0 Å². The summed E-state index contributed by atoms with van der Waals surface area (Å²) in [7, 11) is 1.55. The van der Waals surface area contributed by atoms with E-state index in [1.807, 2.05) is 38.1 Å². The van der Waals surface area contributed by atoms with Gasteiger partial charge in [0.2, 0.25) is 11.8 Å². The first-order chi connectivity index (χ1) is 13.7. The fourth-order valence-corrected chi connectivity index (χ4v) is 2.82. The van der Waals surface area contributed by atoms with Gasteiger partial charge in [-0.1, -0.05) is 36.8 Å². The summed E-state index contributed by atoms with van der Waals surface area (Å²) in [5.74, 6) is -5.39. The first kappa shape index (κ1) is 22.4. The molecule has 0 heterocycles. The van der Waals surface area contributed by atoms with E-state index in [-0.39, 0.29) is 25.0 Å². The van der Waals surface area contributed by atoms with Crippen molar-refractivity contribution in [2.24, 2.45) is 0 Å². The lowest BCUT2D eigenvalue weighted by atomic mass is 10.0. The molecule has 0 saturated carbocycles. The van der Waals surface area contributed by atoms with Crippen LogP contribution in [0.2, 0.25) is 0 Å². The summed E-state index contributed by atoms with van der Waals surface area (Å²) in [6.07, 6.45) is 0.703. The predicted octanol–water partition coefficient (Wildman–Crippen LogP) is 3.55. The fraction of sp³-hybridized carbons (Fsp3) is 0.333. The number of nitrogens with one attached hydrogen (secondary N) is 2. The van der Waals surface area contributed by atoms with Crippen LogP contribution in [-0.2, 0) is 9.59 Å². The number of rotatable bonds is 8. The summed E-state index contributed by atoms with van der Waals surface area (Å²) >= 11 is 0. The van der Waals surface area contributed by atoms with Gasteiger partial charge in [0.15, 0.2) is 17.5 Å². The zero-order valence-electron chi connectivity index (χ0n) is 16.6. The SMILES string of the molecule is CC[C@H](NC(=O)CN(C)CC(=O)Nc1ccc(F)c(F)c1F)c1ccc(C)cc1. The number of aryl methyl sites for hydroxylation is 1. The van der Waals surface area contributed by atoms with Crippen LogP contribution in [-0.4, -0.2) is 36.9 Å². The van der Waals surface area contributed by atoms with Gasteiger partial charge in [0.25, 0.3) is 0 Å². The van der Waals surface area contributed by atoms with Crippen LogP contribution in [0.3, 0.4) is 0 Å². The highest BCUT2D eigenvalue weighted by molar-refractivity contribution is 5.92. The van der Waals surface area contributed by atoms with Crippen LogP contribution in [0.5, 0.6) is 0 Å². The third kappa shape index (κ3) is 6.32. The molecule has 0 unspecified atom stereocenters. The highest BCUT2D eigenvalue weighted by Crippen LogP contribution is 2.19. The van der Waals surface area contributed by atoms with Crippen LogP contribution in [0.15, 0.2) is 36.4 Å². The molecule has 0 fully saturated rings. The molecule has 2 aromatic carbocycles. The lowest BCUT2D eigenvalue weighted by Crippen LogP contribution is -2.40. The van der Waals surface area contributed by atoms with Crippen molar-refractivity contribution in [3.05, 3.63) is 65.0 Å². The Balaban J connectivity index is 1.88. The molecule has 0 aliphatic rings. The molecule has 2 rings (SSSR count).